The highest BCUT2D eigenvalue weighted by atomic mass is 16.6. The minimum Gasteiger partial charge on any atom is -0.496 e. The Bertz CT molecular complexity index is 953. The summed E-state index contributed by atoms with van der Waals surface area (Å²) in [7, 11) is 3.33. The van der Waals surface area contributed by atoms with Crippen LogP contribution < -0.4 is 24.8 Å². The highest BCUT2D eigenvalue weighted by molar-refractivity contribution is 5.67. The first-order chi connectivity index (χ1) is 17.3. The van der Waals surface area contributed by atoms with Crippen molar-refractivity contribution < 1.29 is 23.7 Å². The van der Waals surface area contributed by atoms with E-state index in [0.29, 0.717) is 13.1 Å². The molecular formula is C29H42N2O5. The highest BCUT2D eigenvalue weighted by Crippen LogP contribution is 2.36. The Morgan fingerprint density at radius 2 is 1.56 bits per heavy atom. The molecule has 2 aromatic carbocycles. The zero-order chi connectivity index (χ0) is 26.0. The van der Waals surface area contributed by atoms with Crippen LogP contribution in [-0.4, -0.2) is 32.0 Å². The largest absolute Gasteiger partial charge is 0.496 e. The Kier molecular flexibility index (Phi) is 10.1. The number of anilines is 1. The Labute approximate surface area is 215 Å². The van der Waals surface area contributed by atoms with E-state index in [2.05, 4.69) is 10.6 Å². The second-order valence-electron chi connectivity index (χ2n) is 10.3. The molecule has 3 rings (SSSR count). The van der Waals surface area contributed by atoms with E-state index in [9.17, 15) is 4.79 Å². The summed E-state index contributed by atoms with van der Waals surface area (Å²) in [4.78, 5) is 12.0. The van der Waals surface area contributed by atoms with Gasteiger partial charge in [0.1, 0.15) is 22.8 Å². The summed E-state index contributed by atoms with van der Waals surface area (Å²) >= 11 is 0. The van der Waals surface area contributed by atoms with E-state index in [1.807, 2.05) is 57.2 Å². The normalized spacial score (nSPS) is 14.8. The van der Waals surface area contributed by atoms with Gasteiger partial charge >= 0.3 is 6.09 Å². The van der Waals surface area contributed by atoms with Crippen LogP contribution in [0.3, 0.4) is 0 Å². The van der Waals surface area contributed by atoms with Crippen LogP contribution in [0.15, 0.2) is 36.4 Å². The second kappa shape index (κ2) is 13.3. The first-order valence-electron chi connectivity index (χ1n) is 13.0. The maximum atomic E-state index is 12.0. The molecule has 0 unspecified atom stereocenters. The lowest BCUT2D eigenvalue weighted by molar-refractivity contribution is 0.0523. The van der Waals surface area contributed by atoms with Crippen molar-refractivity contribution in [2.45, 2.75) is 90.5 Å². The zero-order valence-electron chi connectivity index (χ0n) is 22.4. The Hall–Kier alpha value is -3.09. The molecule has 0 radical (unpaired) electrons. The van der Waals surface area contributed by atoms with Crippen molar-refractivity contribution in [2.75, 3.05) is 19.5 Å². The molecule has 36 heavy (non-hydrogen) atoms. The third kappa shape index (κ3) is 8.85. The van der Waals surface area contributed by atoms with Gasteiger partial charge < -0.3 is 29.6 Å². The SMILES string of the molecule is COc1cc(OC2CCCCCCC2)cc(OC)c1CNc1cccc(CNC(=O)OC(C)(C)C)c1. The molecule has 198 valence electrons. The summed E-state index contributed by atoms with van der Waals surface area (Å²) in [5, 5.41) is 6.25. The van der Waals surface area contributed by atoms with Crippen molar-refractivity contribution in [3.05, 3.63) is 47.5 Å². The first kappa shape index (κ1) is 27.5. The van der Waals surface area contributed by atoms with Crippen molar-refractivity contribution in [1.29, 1.82) is 0 Å². The average molecular weight is 499 g/mol. The molecule has 7 nitrogen and oxygen atoms in total. The smallest absolute Gasteiger partial charge is 0.407 e. The predicted molar refractivity (Wildman–Crippen MR) is 143 cm³/mol. The van der Waals surface area contributed by atoms with Gasteiger partial charge in [-0.3, -0.25) is 0 Å². The number of benzene rings is 2. The third-order valence-corrected chi connectivity index (χ3v) is 6.17. The van der Waals surface area contributed by atoms with E-state index in [1.165, 1.54) is 32.1 Å². The summed E-state index contributed by atoms with van der Waals surface area (Å²) in [6.07, 6.45) is 8.32. The van der Waals surface area contributed by atoms with E-state index in [4.69, 9.17) is 18.9 Å². The number of carbonyl (C=O) groups is 1. The predicted octanol–water partition coefficient (Wildman–Crippen LogP) is 6.83. The third-order valence-electron chi connectivity index (χ3n) is 6.17. The van der Waals surface area contributed by atoms with Crippen LogP contribution in [0.25, 0.3) is 0 Å². The molecule has 0 aromatic heterocycles. The van der Waals surface area contributed by atoms with E-state index in [-0.39, 0.29) is 6.10 Å². The van der Waals surface area contributed by atoms with E-state index in [1.54, 1.807) is 14.2 Å². The van der Waals surface area contributed by atoms with Gasteiger partial charge in [0.2, 0.25) is 0 Å². The van der Waals surface area contributed by atoms with Gasteiger partial charge in [0.15, 0.2) is 0 Å². The number of rotatable bonds is 9. The number of hydrogen-bond donors (Lipinski definition) is 2. The van der Waals surface area contributed by atoms with Crippen LogP contribution in [0.2, 0.25) is 0 Å². The van der Waals surface area contributed by atoms with E-state index in [0.717, 1.165) is 46.9 Å². The minimum absolute atomic E-state index is 0.237. The fraction of sp³-hybridized carbons (Fsp3) is 0.552. The van der Waals surface area contributed by atoms with Crippen molar-refractivity contribution in [3.8, 4) is 17.2 Å². The molecule has 0 bridgehead atoms. The molecular weight excluding hydrogens is 456 g/mol. The van der Waals surface area contributed by atoms with Gasteiger partial charge in [-0.2, -0.15) is 0 Å². The molecule has 0 saturated heterocycles. The molecule has 0 aliphatic heterocycles. The van der Waals surface area contributed by atoms with Gasteiger partial charge in [-0.05, 0) is 64.2 Å². The van der Waals surface area contributed by atoms with Gasteiger partial charge in [-0.1, -0.05) is 31.4 Å². The molecule has 2 N–H and O–H groups in total. The Morgan fingerprint density at radius 1 is 0.917 bits per heavy atom. The number of ether oxygens (including phenoxy) is 4. The number of methoxy groups -OCH3 is 2. The van der Waals surface area contributed by atoms with Crippen LogP contribution in [0, 0.1) is 0 Å². The van der Waals surface area contributed by atoms with Gasteiger partial charge in [0, 0.05) is 30.9 Å². The molecule has 1 fully saturated rings. The molecule has 7 heteroatoms. The monoisotopic (exact) mass is 498 g/mol. The molecule has 1 aliphatic rings. The molecule has 2 aromatic rings. The number of hydrogen-bond acceptors (Lipinski definition) is 6. The quantitative estimate of drug-likeness (QED) is 0.394. The summed E-state index contributed by atoms with van der Waals surface area (Å²) < 4.78 is 23.1. The zero-order valence-corrected chi connectivity index (χ0v) is 22.4. The second-order valence-corrected chi connectivity index (χ2v) is 10.3. The molecule has 1 amide bonds. The van der Waals surface area contributed by atoms with Crippen molar-refractivity contribution >= 4 is 11.8 Å². The Balaban J connectivity index is 1.65. The summed E-state index contributed by atoms with van der Waals surface area (Å²) in [6.45, 7) is 6.42. The lowest BCUT2D eigenvalue weighted by Gasteiger charge is -2.23. The lowest BCUT2D eigenvalue weighted by Crippen LogP contribution is -2.32. The highest BCUT2D eigenvalue weighted by Gasteiger charge is 2.18. The van der Waals surface area contributed by atoms with Crippen molar-refractivity contribution in [2.24, 2.45) is 0 Å². The Morgan fingerprint density at radius 3 is 2.17 bits per heavy atom. The summed E-state index contributed by atoms with van der Waals surface area (Å²) in [5.41, 5.74) is 2.29. The maximum absolute atomic E-state index is 12.0. The fourth-order valence-corrected chi connectivity index (χ4v) is 4.40. The summed E-state index contributed by atoms with van der Waals surface area (Å²) in [6, 6.07) is 11.8. The number of alkyl carbamates (subject to hydrolysis) is 1. The lowest BCUT2D eigenvalue weighted by atomic mass is 9.98. The van der Waals surface area contributed by atoms with Gasteiger partial charge in [-0.15, -0.1) is 0 Å². The van der Waals surface area contributed by atoms with Crippen molar-refractivity contribution in [3.63, 3.8) is 0 Å². The molecule has 1 saturated carbocycles. The maximum Gasteiger partial charge on any atom is 0.407 e. The summed E-state index contributed by atoms with van der Waals surface area (Å²) in [5.74, 6) is 2.24. The van der Waals surface area contributed by atoms with E-state index < -0.39 is 11.7 Å². The standard InChI is InChI=1S/C29H42N2O5/c1-29(2,3)36-28(32)31-19-21-12-11-13-22(16-21)30-20-25-26(33-4)17-24(18-27(25)34-5)35-23-14-9-7-6-8-10-15-23/h11-13,16-18,23,30H,6-10,14-15,19-20H2,1-5H3,(H,31,32). The van der Waals surface area contributed by atoms with Crippen LogP contribution in [0.5, 0.6) is 17.2 Å². The topological polar surface area (TPSA) is 78.0 Å². The molecule has 0 heterocycles. The van der Waals surface area contributed by atoms with Gasteiger partial charge in [-0.25, -0.2) is 4.79 Å². The fourth-order valence-electron chi connectivity index (χ4n) is 4.40. The van der Waals surface area contributed by atoms with Crippen LogP contribution in [-0.2, 0) is 17.8 Å². The number of carbonyl (C=O) groups excluding carboxylic acids is 1. The van der Waals surface area contributed by atoms with Crippen LogP contribution in [0.1, 0.15) is 76.8 Å². The minimum atomic E-state index is -0.527. The van der Waals surface area contributed by atoms with Crippen molar-refractivity contribution in [1.82, 2.24) is 5.32 Å². The van der Waals surface area contributed by atoms with Crippen LogP contribution >= 0.6 is 0 Å². The van der Waals surface area contributed by atoms with E-state index >= 15 is 0 Å². The van der Waals surface area contributed by atoms with Gasteiger partial charge in [0.05, 0.1) is 25.9 Å². The number of amides is 1. The molecule has 0 atom stereocenters. The molecule has 1 aliphatic carbocycles. The average Bonchev–Trinajstić information content (AvgIpc) is 2.82. The molecule has 0 spiro atoms. The number of nitrogens with one attached hydrogen (secondary N) is 2. The first-order valence-corrected chi connectivity index (χ1v) is 13.0. The van der Waals surface area contributed by atoms with Crippen LogP contribution in [0.4, 0.5) is 10.5 Å². The van der Waals surface area contributed by atoms with Gasteiger partial charge in [0.25, 0.3) is 0 Å².